The average molecular weight is 202 g/mol. The minimum absolute atomic E-state index is 0.0163. The van der Waals surface area contributed by atoms with E-state index >= 15 is 0 Å². The van der Waals surface area contributed by atoms with Gasteiger partial charge in [0.05, 0.1) is 12.3 Å². The smallest absolute Gasteiger partial charge is 0.157 e. The van der Waals surface area contributed by atoms with Crippen LogP contribution in [-0.2, 0) is 19.4 Å². The first-order valence-electron chi connectivity index (χ1n) is 4.89. The van der Waals surface area contributed by atoms with Crippen LogP contribution in [0, 0.1) is 0 Å². The molecule has 0 fully saturated rings. The molecular formula is C10H10N4O. The monoisotopic (exact) mass is 202 g/mol. The third-order valence-electron chi connectivity index (χ3n) is 2.74. The lowest BCUT2D eigenvalue weighted by Crippen LogP contribution is -2.15. The van der Waals surface area contributed by atoms with Crippen LogP contribution in [0.1, 0.15) is 17.0 Å². The summed E-state index contributed by atoms with van der Waals surface area (Å²) in [6, 6.07) is 5.91. The largest absolute Gasteiger partial charge is 0.392 e. The van der Waals surface area contributed by atoms with Crippen molar-refractivity contribution in [3.8, 4) is 5.69 Å². The summed E-state index contributed by atoms with van der Waals surface area (Å²) >= 11 is 0. The number of aromatic nitrogens is 4. The van der Waals surface area contributed by atoms with Crippen LogP contribution in [-0.4, -0.2) is 25.3 Å². The Morgan fingerprint density at radius 2 is 2.27 bits per heavy atom. The normalized spacial score (nSPS) is 13.4. The lowest BCUT2D eigenvalue weighted by molar-refractivity contribution is 0.281. The standard InChI is InChI=1S/C10H10N4O/c15-6-8-3-1-2-7-4-5-9-11-12-13-14(9)10(7)8/h1-3,15H,4-6H2. The number of hydrogen-bond acceptors (Lipinski definition) is 4. The highest BCUT2D eigenvalue weighted by Gasteiger charge is 2.20. The van der Waals surface area contributed by atoms with E-state index in [1.807, 2.05) is 12.1 Å². The highest BCUT2D eigenvalue weighted by atomic mass is 16.3. The van der Waals surface area contributed by atoms with Crippen molar-refractivity contribution in [1.29, 1.82) is 0 Å². The van der Waals surface area contributed by atoms with Crippen molar-refractivity contribution >= 4 is 0 Å². The molecule has 1 aliphatic heterocycles. The van der Waals surface area contributed by atoms with Crippen LogP contribution in [0.5, 0.6) is 0 Å². The molecule has 1 aromatic heterocycles. The lowest BCUT2D eigenvalue weighted by atomic mass is 10.00. The fourth-order valence-electron chi connectivity index (χ4n) is 2.03. The number of benzene rings is 1. The van der Waals surface area contributed by atoms with Crippen LogP contribution in [0.4, 0.5) is 0 Å². The van der Waals surface area contributed by atoms with Crippen molar-refractivity contribution in [1.82, 2.24) is 20.2 Å². The fourth-order valence-corrected chi connectivity index (χ4v) is 2.03. The molecule has 1 aliphatic rings. The number of para-hydroxylation sites is 1. The number of aliphatic hydroxyl groups is 1. The molecule has 0 atom stereocenters. The van der Waals surface area contributed by atoms with E-state index in [4.69, 9.17) is 0 Å². The van der Waals surface area contributed by atoms with Crippen molar-refractivity contribution < 1.29 is 5.11 Å². The zero-order chi connectivity index (χ0) is 10.3. The number of nitrogens with zero attached hydrogens (tertiary/aromatic N) is 4. The van der Waals surface area contributed by atoms with Gasteiger partial charge < -0.3 is 5.11 Å². The van der Waals surface area contributed by atoms with Gasteiger partial charge in [0.1, 0.15) is 0 Å². The molecule has 15 heavy (non-hydrogen) atoms. The van der Waals surface area contributed by atoms with Crippen molar-refractivity contribution in [2.24, 2.45) is 0 Å². The van der Waals surface area contributed by atoms with Crippen molar-refractivity contribution in [2.45, 2.75) is 19.4 Å². The van der Waals surface area contributed by atoms with Gasteiger partial charge in [-0.05, 0) is 22.4 Å². The summed E-state index contributed by atoms with van der Waals surface area (Å²) in [6.07, 6.45) is 1.79. The quantitative estimate of drug-likeness (QED) is 0.720. The number of tetrazole rings is 1. The van der Waals surface area contributed by atoms with Crippen LogP contribution < -0.4 is 0 Å². The van der Waals surface area contributed by atoms with E-state index < -0.39 is 0 Å². The van der Waals surface area contributed by atoms with Gasteiger partial charge in [-0.1, -0.05) is 18.2 Å². The molecule has 0 spiro atoms. The average Bonchev–Trinajstić information content (AvgIpc) is 2.76. The third kappa shape index (κ3) is 1.16. The van der Waals surface area contributed by atoms with Crippen LogP contribution in [0.25, 0.3) is 5.69 Å². The maximum absolute atomic E-state index is 9.27. The van der Waals surface area contributed by atoms with E-state index in [1.165, 1.54) is 5.56 Å². The Labute approximate surface area is 86.4 Å². The minimum atomic E-state index is 0.0163. The van der Waals surface area contributed by atoms with Crippen LogP contribution >= 0.6 is 0 Å². The topological polar surface area (TPSA) is 63.8 Å². The van der Waals surface area contributed by atoms with Gasteiger partial charge in [0.25, 0.3) is 0 Å². The highest BCUT2D eigenvalue weighted by molar-refractivity contribution is 5.49. The Morgan fingerprint density at radius 1 is 1.33 bits per heavy atom. The van der Waals surface area contributed by atoms with E-state index in [-0.39, 0.29) is 6.61 Å². The molecule has 0 saturated carbocycles. The summed E-state index contributed by atoms with van der Waals surface area (Å²) in [5, 5.41) is 20.8. The molecule has 5 nitrogen and oxygen atoms in total. The van der Waals surface area contributed by atoms with Gasteiger partial charge in [0, 0.05) is 12.0 Å². The summed E-state index contributed by atoms with van der Waals surface area (Å²) in [6.45, 7) is 0.0163. The van der Waals surface area contributed by atoms with E-state index in [9.17, 15) is 5.11 Å². The van der Waals surface area contributed by atoms with E-state index in [1.54, 1.807) is 4.68 Å². The van der Waals surface area contributed by atoms with Crippen molar-refractivity contribution in [3.05, 3.63) is 35.2 Å². The van der Waals surface area contributed by atoms with E-state index in [0.717, 1.165) is 29.9 Å². The zero-order valence-electron chi connectivity index (χ0n) is 8.09. The van der Waals surface area contributed by atoms with Gasteiger partial charge >= 0.3 is 0 Å². The van der Waals surface area contributed by atoms with Crippen molar-refractivity contribution in [3.63, 3.8) is 0 Å². The van der Waals surface area contributed by atoms with Gasteiger partial charge in [-0.25, -0.2) is 0 Å². The number of fused-ring (bicyclic) bond motifs is 3. The maximum Gasteiger partial charge on any atom is 0.157 e. The Balaban J connectivity index is 2.29. The maximum atomic E-state index is 9.27. The Bertz CT molecular complexity index is 492. The molecule has 76 valence electrons. The predicted molar refractivity (Wildman–Crippen MR) is 52.5 cm³/mol. The molecule has 3 rings (SSSR count). The second-order valence-corrected chi connectivity index (χ2v) is 3.59. The Morgan fingerprint density at radius 3 is 3.13 bits per heavy atom. The summed E-state index contributed by atoms with van der Waals surface area (Å²) < 4.78 is 1.73. The number of aliphatic hydroxyl groups excluding tert-OH is 1. The Kier molecular flexibility index (Phi) is 1.78. The highest BCUT2D eigenvalue weighted by Crippen LogP contribution is 2.25. The molecular weight excluding hydrogens is 192 g/mol. The SMILES string of the molecule is OCc1cccc2c1-n1nnnc1CC2. The van der Waals surface area contributed by atoms with Gasteiger partial charge in [0.15, 0.2) is 5.82 Å². The van der Waals surface area contributed by atoms with Gasteiger partial charge in [0.2, 0.25) is 0 Å². The molecule has 1 aromatic carbocycles. The first-order chi connectivity index (χ1) is 7.40. The van der Waals surface area contributed by atoms with Crippen LogP contribution in [0.15, 0.2) is 18.2 Å². The lowest BCUT2D eigenvalue weighted by Gasteiger charge is -2.18. The fraction of sp³-hybridized carbons (Fsp3) is 0.300. The molecule has 0 saturated heterocycles. The number of rotatable bonds is 1. The van der Waals surface area contributed by atoms with Gasteiger partial charge in [-0.2, -0.15) is 4.68 Å². The second-order valence-electron chi connectivity index (χ2n) is 3.59. The minimum Gasteiger partial charge on any atom is -0.392 e. The molecule has 0 aliphatic carbocycles. The van der Waals surface area contributed by atoms with E-state index in [0.29, 0.717) is 0 Å². The molecule has 0 radical (unpaired) electrons. The Hall–Kier alpha value is -1.75. The zero-order valence-corrected chi connectivity index (χ0v) is 8.09. The van der Waals surface area contributed by atoms with Crippen LogP contribution in [0.3, 0.4) is 0 Å². The number of aryl methyl sites for hydroxylation is 2. The van der Waals surface area contributed by atoms with Gasteiger partial charge in [-0.3, -0.25) is 0 Å². The molecule has 0 amide bonds. The first kappa shape index (κ1) is 8.55. The summed E-state index contributed by atoms with van der Waals surface area (Å²) in [5.41, 5.74) is 3.02. The molecule has 5 heteroatoms. The number of hydrogen-bond donors (Lipinski definition) is 1. The molecule has 0 bridgehead atoms. The van der Waals surface area contributed by atoms with Crippen LogP contribution in [0.2, 0.25) is 0 Å². The summed E-state index contributed by atoms with van der Waals surface area (Å²) in [5.74, 6) is 0.864. The predicted octanol–water partition coefficient (Wildman–Crippen LogP) is 0.253. The molecule has 2 heterocycles. The summed E-state index contributed by atoms with van der Waals surface area (Å²) in [4.78, 5) is 0. The van der Waals surface area contributed by atoms with Crippen molar-refractivity contribution in [2.75, 3.05) is 0 Å². The van der Waals surface area contributed by atoms with Gasteiger partial charge in [-0.15, -0.1) is 5.10 Å². The summed E-state index contributed by atoms with van der Waals surface area (Å²) in [7, 11) is 0. The molecule has 2 aromatic rings. The third-order valence-corrected chi connectivity index (χ3v) is 2.74. The molecule has 0 unspecified atom stereocenters. The molecule has 1 N–H and O–H groups in total. The second kappa shape index (κ2) is 3.13. The first-order valence-corrected chi connectivity index (χ1v) is 4.89. The van der Waals surface area contributed by atoms with E-state index in [2.05, 4.69) is 21.6 Å².